The second-order valence-electron chi connectivity index (χ2n) is 3.31. The maximum atomic E-state index is 3.20. The van der Waals surface area contributed by atoms with Crippen molar-refractivity contribution < 1.29 is 0 Å². The molecule has 0 aromatic rings. The van der Waals surface area contributed by atoms with E-state index < -0.39 is 0 Å². The summed E-state index contributed by atoms with van der Waals surface area (Å²) in [5.74, 6) is 0. The summed E-state index contributed by atoms with van der Waals surface area (Å²) in [6.07, 6.45) is 8.69. The van der Waals surface area contributed by atoms with Crippen molar-refractivity contribution >= 4 is 0 Å². The van der Waals surface area contributed by atoms with E-state index in [1.54, 1.807) is 0 Å². The monoisotopic (exact) mass is 172 g/mol. The molecule has 0 heteroatoms. The van der Waals surface area contributed by atoms with Gasteiger partial charge in [0.25, 0.3) is 0 Å². The van der Waals surface area contributed by atoms with Gasteiger partial charge < -0.3 is 0 Å². The van der Waals surface area contributed by atoms with Gasteiger partial charge in [-0.2, -0.15) is 0 Å². The predicted octanol–water partition coefficient (Wildman–Crippen LogP) is 3.93. The summed E-state index contributed by atoms with van der Waals surface area (Å²) in [5, 5.41) is 0. The van der Waals surface area contributed by atoms with Crippen molar-refractivity contribution in [2.75, 3.05) is 0 Å². The van der Waals surface area contributed by atoms with Crippen molar-refractivity contribution in [1.82, 2.24) is 0 Å². The smallest absolute Gasteiger partial charge is 0.00238 e. The number of hydrogen-bond donors (Lipinski definition) is 0. The summed E-state index contributed by atoms with van der Waals surface area (Å²) in [6, 6.07) is 0. The third-order valence-corrected chi connectivity index (χ3v) is 2.33. The molecule has 0 saturated heterocycles. The highest BCUT2D eigenvalue weighted by Crippen LogP contribution is 2.14. The second-order valence-corrected chi connectivity index (χ2v) is 3.31. The van der Waals surface area contributed by atoms with Crippen molar-refractivity contribution in [1.29, 1.82) is 0 Å². The fourth-order valence-electron chi connectivity index (χ4n) is 1.14. The Labute approximate surface area is 80.7 Å². The van der Waals surface area contributed by atoms with Crippen LogP contribution in [0.4, 0.5) is 0 Å². The van der Waals surface area contributed by atoms with E-state index >= 15 is 0 Å². The zero-order chi connectivity index (χ0) is 9.68. The van der Waals surface area contributed by atoms with E-state index in [9.17, 15) is 0 Å². The molecule has 0 N–H and O–H groups in total. The van der Waals surface area contributed by atoms with Crippen LogP contribution in [0, 0.1) is 0 Å². The van der Waals surface area contributed by atoms with E-state index in [2.05, 4.69) is 43.5 Å². The summed E-state index contributed by atoms with van der Waals surface area (Å²) in [5.41, 5.74) is 10.1. The highest BCUT2D eigenvalue weighted by atomic mass is 14.0. The summed E-state index contributed by atoms with van der Waals surface area (Å²) < 4.78 is 0. The van der Waals surface area contributed by atoms with Crippen LogP contribution < -0.4 is 0 Å². The Hall–Kier alpha value is -1.22. The van der Waals surface area contributed by atoms with E-state index in [1.165, 1.54) is 16.7 Å². The van der Waals surface area contributed by atoms with Crippen LogP contribution >= 0.6 is 0 Å². The molecule has 0 aromatic carbocycles. The highest BCUT2D eigenvalue weighted by molar-refractivity contribution is 5.29. The molecule has 1 aliphatic rings. The summed E-state index contributed by atoms with van der Waals surface area (Å²) in [4.78, 5) is 0. The van der Waals surface area contributed by atoms with Crippen molar-refractivity contribution in [3.05, 3.63) is 46.4 Å². The Morgan fingerprint density at radius 2 is 2.23 bits per heavy atom. The highest BCUT2D eigenvalue weighted by Gasteiger charge is 1.95. The van der Waals surface area contributed by atoms with Crippen LogP contribution in [-0.4, -0.2) is 0 Å². The number of allylic oxidation sites excluding steroid dienone is 6. The average molecular weight is 172 g/mol. The molecule has 1 aliphatic carbocycles. The maximum absolute atomic E-state index is 3.20. The van der Waals surface area contributed by atoms with Crippen molar-refractivity contribution in [3.63, 3.8) is 0 Å². The zero-order valence-electron chi connectivity index (χ0n) is 8.65. The lowest BCUT2D eigenvalue weighted by atomic mass is 10.1. The summed E-state index contributed by atoms with van der Waals surface area (Å²) in [7, 11) is 0. The molecule has 0 radical (unpaired) electrons. The lowest BCUT2D eigenvalue weighted by Gasteiger charge is -1.92. The molecule has 0 unspecified atom stereocenters. The fourth-order valence-corrected chi connectivity index (χ4v) is 1.14. The Bertz CT molecular complexity index is 338. The average Bonchev–Trinajstić information content (AvgIpc) is 2.65. The van der Waals surface area contributed by atoms with E-state index in [-0.39, 0.29) is 0 Å². The molecular formula is C13H16. The first-order valence-electron chi connectivity index (χ1n) is 4.75. The fraction of sp³-hybridized carbons (Fsp3) is 0.385. The lowest BCUT2D eigenvalue weighted by molar-refractivity contribution is 1.07. The van der Waals surface area contributed by atoms with Gasteiger partial charge in [0, 0.05) is 11.1 Å². The van der Waals surface area contributed by atoms with Gasteiger partial charge in [0.15, 0.2) is 0 Å². The third-order valence-electron chi connectivity index (χ3n) is 2.33. The quantitative estimate of drug-likeness (QED) is 0.415. The zero-order valence-corrected chi connectivity index (χ0v) is 8.65. The van der Waals surface area contributed by atoms with Crippen LogP contribution in [0.1, 0.15) is 33.6 Å². The molecule has 0 bridgehead atoms. The standard InChI is InChI=1S/C13H16/c1-4-11(2)12(3)9-10-13-7-5-6-8-13/h4-5,7H,6,8H2,1-3H3/b11-4-,13-12?. The normalized spacial score (nSPS) is 15.6. The Morgan fingerprint density at radius 1 is 1.46 bits per heavy atom. The SMILES string of the molecule is C/C=C(/C)C(C)=C=C=C1C=CCC1. The van der Waals surface area contributed by atoms with E-state index in [1.807, 2.05) is 6.92 Å². The van der Waals surface area contributed by atoms with Gasteiger partial charge in [0.05, 0.1) is 0 Å². The molecule has 0 amide bonds. The van der Waals surface area contributed by atoms with Crippen molar-refractivity contribution in [2.45, 2.75) is 33.6 Å². The van der Waals surface area contributed by atoms with Gasteiger partial charge in [-0.25, -0.2) is 0 Å². The topological polar surface area (TPSA) is 0 Å². The third kappa shape index (κ3) is 2.95. The molecule has 68 valence electrons. The second kappa shape index (κ2) is 4.72. The number of rotatable bonds is 1. The first kappa shape index (κ1) is 9.86. The minimum Gasteiger partial charge on any atom is -0.0838 e. The molecule has 0 saturated carbocycles. The summed E-state index contributed by atoms with van der Waals surface area (Å²) in [6.45, 7) is 6.21. The maximum Gasteiger partial charge on any atom is 0.00238 e. The lowest BCUT2D eigenvalue weighted by Crippen LogP contribution is -1.73. The molecule has 0 aromatic heterocycles. The predicted molar refractivity (Wildman–Crippen MR) is 57.5 cm³/mol. The molecule has 1 rings (SSSR count). The molecule has 0 aliphatic heterocycles. The van der Waals surface area contributed by atoms with Gasteiger partial charge in [0.1, 0.15) is 0 Å². The molecule has 13 heavy (non-hydrogen) atoms. The van der Waals surface area contributed by atoms with Gasteiger partial charge in [-0.1, -0.05) is 29.7 Å². The molecule has 0 spiro atoms. The van der Waals surface area contributed by atoms with Crippen LogP contribution in [0.5, 0.6) is 0 Å². The van der Waals surface area contributed by atoms with Crippen LogP contribution in [-0.2, 0) is 0 Å². The largest absolute Gasteiger partial charge is 0.0838 e. The van der Waals surface area contributed by atoms with Gasteiger partial charge in [-0.05, 0) is 39.2 Å². The van der Waals surface area contributed by atoms with Gasteiger partial charge in [-0.15, -0.1) is 0 Å². The van der Waals surface area contributed by atoms with Crippen LogP contribution in [0.15, 0.2) is 46.4 Å². The Kier molecular flexibility index (Phi) is 3.58. The first-order chi connectivity index (χ1) is 6.24. The van der Waals surface area contributed by atoms with E-state index in [4.69, 9.17) is 0 Å². The minimum atomic E-state index is 1.12. The van der Waals surface area contributed by atoms with Gasteiger partial charge >= 0.3 is 0 Å². The van der Waals surface area contributed by atoms with E-state index in [0.29, 0.717) is 0 Å². The number of hydrogen-bond acceptors (Lipinski definition) is 0. The van der Waals surface area contributed by atoms with Crippen LogP contribution in [0.3, 0.4) is 0 Å². The van der Waals surface area contributed by atoms with Crippen LogP contribution in [0.25, 0.3) is 0 Å². The molecule has 0 nitrogen and oxygen atoms in total. The minimum absolute atomic E-state index is 1.12. The Balaban J connectivity index is 2.97. The van der Waals surface area contributed by atoms with Crippen molar-refractivity contribution in [2.24, 2.45) is 0 Å². The van der Waals surface area contributed by atoms with Crippen molar-refractivity contribution in [3.8, 4) is 0 Å². The first-order valence-corrected chi connectivity index (χ1v) is 4.75. The summed E-state index contributed by atoms with van der Waals surface area (Å²) >= 11 is 0. The Morgan fingerprint density at radius 3 is 2.77 bits per heavy atom. The van der Waals surface area contributed by atoms with Gasteiger partial charge in [-0.3, -0.25) is 0 Å². The molecule has 0 heterocycles. The molecule has 0 fully saturated rings. The molecular weight excluding hydrogens is 156 g/mol. The molecule has 0 atom stereocenters. The van der Waals surface area contributed by atoms with E-state index in [0.717, 1.165) is 12.8 Å². The van der Waals surface area contributed by atoms with Gasteiger partial charge in [0.2, 0.25) is 0 Å². The van der Waals surface area contributed by atoms with Crippen LogP contribution in [0.2, 0.25) is 0 Å².